The fourth-order valence-electron chi connectivity index (χ4n) is 3.07. The molecule has 0 aromatic carbocycles. The lowest BCUT2D eigenvalue weighted by Crippen LogP contribution is -2.44. The summed E-state index contributed by atoms with van der Waals surface area (Å²) in [6.07, 6.45) is 4.63. The first kappa shape index (κ1) is 14.3. The average Bonchev–Trinajstić information content (AvgIpc) is 3.02. The molecule has 114 valence electrons. The monoisotopic (exact) mass is 290 g/mol. The molecular formula is C15H22N4O2. The normalized spacial score (nSPS) is 23.3. The third kappa shape index (κ3) is 3.50. The third-order valence-electron chi connectivity index (χ3n) is 4.25. The predicted molar refractivity (Wildman–Crippen MR) is 79.3 cm³/mol. The number of hydrogen-bond acceptors (Lipinski definition) is 5. The minimum atomic E-state index is 0.0546. The van der Waals surface area contributed by atoms with Crippen LogP contribution in [0.3, 0.4) is 0 Å². The Hall–Kier alpha value is -1.69. The molecule has 21 heavy (non-hydrogen) atoms. The molecule has 6 nitrogen and oxygen atoms in total. The number of rotatable bonds is 3. The molecule has 1 aromatic rings. The molecule has 0 aliphatic carbocycles. The highest BCUT2D eigenvalue weighted by molar-refractivity contribution is 5.73. The van der Waals surface area contributed by atoms with Crippen LogP contribution in [0.5, 0.6) is 0 Å². The van der Waals surface area contributed by atoms with E-state index in [1.807, 2.05) is 0 Å². The van der Waals surface area contributed by atoms with Crippen LogP contribution in [0.2, 0.25) is 0 Å². The molecule has 0 radical (unpaired) electrons. The van der Waals surface area contributed by atoms with Crippen molar-refractivity contribution in [1.82, 2.24) is 15.3 Å². The summed E-state index contributed by atoms with van der Waals surface area (Å²) in [5.74, 6) is 1.45. The Morgan fingerprint density at radius 2 is 2.14 bits per heavy atom. The van der Waals surface area contributed by atoms with Gasteiger partial charge in [-0.2, -0.15) is 0 Å². The number of nitrogens with one attached hydrogen (secondary N) is 1. The quantitative estimate of drug-likeness (QED) is 0.902. The lowest BCUT2D eigenvalue weighted by Gasteiger charge is -2.33. The van der Waals surface area contributed by atoms with E-state index in [9.17, 15) is 4.79 Å². The summed E-state index contributed by atoms with van der Waals surface area (Å²) in [5, 5.41) is 2.99. The zero-order chi connectivity index (χ0) is 14.7. The number of nitrogens with zero attached hydrogens (tertiary/aromatic N) is 3. The number of carbonyl (C=O) groups is 1. The van der Waals surface area contributed by atoms with E-state index in [1.165, 1.54) is 0 Å². The highest BCUT2D eigenvalue weighted by Crippen LogP contribution is 2.26. The first-order valence-corrected chi connectivity index (χ1v) is 7.64. The van der Waals surface area contributed by atoms with Crippen LogP contribution >= 0.6 is 0 Å². The predicted octanol–water partition coefficient (Wildman–Crippen LogP) is 1.09. The Labute approximate surface area is 124 Å². The summed E-state index contributed by atoms with van der Waals surface area (Å²) in [6.45, 7) is 5.01. The van der Waals surface area contributed by atoms with Gasteiger partial charge in [0.2, 0.25) is 5.91 Å². The van der Waals surface area contributed by atoms with Gasteiger partial charge in [-0.3, -0.25) is 4.79 Å². The van der Waals surface area contributed by atoms with E-state index in [0.29, 0.717) is 12.0 Å². The van der Waals surface area contributed by atoms with E-state index in [-0.39, 0.29) is 5.91 Å². The Morgan fingerprint density at radius 3 is 2.81 bits per heavy atom. The van der Waals surface area contributed by atoms with Crippen molar-refractivity contribution in [3.63, 3.8) is 0 Å². The van der Waals surface area contributed by atoms with Crippen molar-refractivity contribution < 1.29 is 9.53 Å². The van der Waals surface area contributed by atoms with Crippen molar-refractivity contribution in [2.45, 2.75) is 38.1 Å². The van der Waals surface area contributed by atoms with Crippen molar-refractivity contribution in [2.24, 2.45) is 0 Å². The number of aromatic nitrogens is 2. The van der Waals surface area contributed by atoms with Gasteiger partial charge in [-0.25, -0.2) is 9.97 Å². The summed E-state index contributed by atoms with van der Waals surface area (Å²) >= 11 is 0. The molecule has 3 heterocycles. The fraction of sp³-hybridized carbons (Fsp3) is 0.667. The molecule has 1 amide bonds. The van der Waals surface area contributed by atoms with E-state index in [0.717, 1.165) is 57.1 Å². The number of amides is 1. The van der Waals surface area contributed by atoms with Gasteiger partial charge in [-0.1, -0.05) is 0 Å². The topological polar surface area (TPSA) is 67.4 Å². The van der Waals surface area contributed by atoms with E-state index in [2.05, 4.69) is 26.3 Å². The Balaban J connectivity index is 1.62. The highest BCUT2D eigenvalue weighted by Gasteiger charge is 2.23. The van der Waals surface area contributed by atoms with Gasteiger partial charge in [0.15, 0.2) is 0 Å². The van der Waals surface area contributed by atoms with E-state index in [4.69, 9.17) is 4.74 Å². The first-order chi connectivity index (χ1) is 10.2. The van der Waals surface area contributed by atoms with E-state index in [1.54, 1.807) is 13.3 Å². The Kier molecular flexibility index (Phi) is 4.34. The third-order valence-corrected chi connectivity index (χ3v) is 4.25. The number of carbonyl (C=O) groups excluding carboxylic acids is 1. The number of piperidine rings is 1. The Bertz CT molecular complexity index is 494. The number of hydrogen-bond donors (Lipinski definition) is 1. The highest BCUT2D eigenvalue weighted by atomic mass is 16.5. The van der Waals surface area contributed by atoms with Crippen molar-refractivity contribution >= 4 is 11.7 Å². The van der Waals surface area contributed by atoms with Crippen molar-refractivity contribution in [1.29, 1.82) is 0 Å². The van der Waals surface area contributed by atoms with Crippen LogP contribution in [-0.2, 0) is 9.53 Å². The van der Waals surface area contributed by atoms with Crippen LogP contribution in [0.25, 0.3) is 0 Å². The second-order valence-corrected chi connectivity index (χ2v) is 5.82. The van der Waals surface area contributed by atoms with Crippen molar-refractivity contribution in [2.75, 3.05) is 31.2 Å². The molecule has 1 N–H and O–H groups in total. The Morgan fingerprint density at radius 1 is 1.33 bits per heavy atom. The molecule has 0 unspecified atom stereocenters. The summed E-state index contributed by atoms with van der Waals surface area (Å²) < 4.78 is 5.43. The zero-order valence-corrected chi connectivity index (χ0v) is 12.4. The molecule has 3 rings (SSSR count). The van der Waals surface area contributed by atoms with E-state index < -0.39 is 0 Å². The van der Waals surface area contributed by atoms with Crippen LogP contribution in [0.1, 0.15) is 37.8 Å². The van der Waals surface area contributed by atoms with Crippen LogP contribution < -0.4 is 10.2 Å². The lowest BCUT2D eigenvalue weighted by molar-refractivity contribution is -0.119. The number of anilines is 1. The van der Waals surface area contributed by atoms with Crippen LogP contribution in [0.15, 0.2) is 12.4 Å². The smallest absolute Gasteiger partial charge is 0.217 e. The van der Waals surface area contributed by atoms with Gasteiger partial charge in [0.25, 0.3) is 0 Å². The zero-order valence-electron chi connectivity index (χ0n) is 12.4. The molecular weight excluding hydrogens is 268 g/mol. The molecule has 2 aliphatic rings. The van der Waals surface area contributed by atoms with Crippen LogP contribution in [-0.4, -0.2) is 48.2 Å². The first-order valence-electron chi connectivity index (χ1n) is 7.64. The van der Waals surface area contributed by atoms with Gasteiger partial charge in [0.05, 0.1) is 12.3 Å². The molecule has 0 saturated carbocycles. The van der Waals surface area contributed by atoms with Crippen LogP contribution in [0, 0.1) is 0 Å². The number of ether oxygens (including phenoxy) is 1. The van der Waals surface area contributed by atoms with Gasteiger partial charge in [0.1, 0.15) is 12.1 Å². The van der Waals surface area contributed by atoms with Crippen molar-refractivity contribution in [3.8, 4) is 0 Å². The van der Waals surface area contributed by atoms with Gasteiger partial charge in [0, 0.05) is 44.6 Å². The fourth-order valence-corrected chi connectivity index (χ4v) is 3.07. The molecule has 0 bridgehead atoms. The minimum Gasteiger partial charge on any atom is -0.381 e. The van der Waals surface area contributed by atoms with Gasteiger partial charge in [-0.15, -0.1) is 0 Å². The molecule has 6 heteroatoms. The van der Waals surface area contributed by atoms with Gasteiger partial charge in [-0.05, 0) is 19.3 Å². The van der Waals surface area contributed by atoms with E-state index >= 15 is 0 Å². The van der Waals surface area contributed by atoms with Crippen LogP contribution in [0.4, 0.5) is 5.82 Å². The summed E-state index contributed by atoms with van der Waals surface area (Å²) in [7, 11) is 0. The molecule has 2 aliphatic heterocycles. The molecule has 2 saturated heterocycles. The molecule has 2 fully saturated rings. The molecule has 1 atom stereocenters. The SMILES string of the molecule is CC(=O)NC1CCN(c2cc([C@H]3CCOC3)ncn2)CC1. The minimum absolute atomic E-state index is 0.0546. The molecule has 0 spiro atoms. The summed E-state index contributed by atoms with van der Waals surface area (Å²) in [5.41, 5.74) is 1.08. The summed E-state index contributed by atoms with van der Waals surface area (Å²) in [6, 6.07) is 2.39. The standard InChI is InChI=1S/C15H22N4O2/c1-11(20)18-13-2-5-19(6-3-13)15-8-14(16-10-17-15)12-4-7-21-9-12/h8,10,12-13H,2-7,9H2,1H3,(H,18,20)/t12-/m0/s1. The lowest BCUT2D eigenvalue weighted by atomic mass is 10.0. The van der Waals surface area contributed by atoms with Crippen molar-refractivity contribution in [3.05, 3.63) is 18.1 Å². The molecule has 1 aromatic heterocycles. The second kappa shape index (κ2) is 6.39. The maximum atomic E-state index is 11.1. The maximum absolute atomic E-state index is 11.1. The largest absolute Gasteiger partial charge is 0.381 e. The second-order valence-electron chi connectivity index (χ2n) is 5.82. The average molecular weight is 290 g/mol. The summed E-state index contributed by atoms with van der Waals surface area (Å²) in [4.78, 5) is 22.2. The van der Waals surface area contributed by atoms with Gasteiger partial charge < -0.3 is 15.0 Å². The maximum Gasteiger partial charge on any atom is 0.217 e. The van der Waals surface area contributed by atoms with Gasteiger partial charge >= 0.3 is 0 Å².